The highest BCUT2D eigenvalue weighted by atomic mass is 35.5. The molecule has 0 N–H and O–H groups in total. The Labute approximate surface area is 185 Å². The van der Waals surface area contributed by atoms with Crippen LogP contribution in [0.4, 0.5) is 5.69 Å². The Morgan fingerprint density at radius 2 is 1.81 bits per heavy atom. The predicted molar refractivity (Wildman–Crippen MR) is 117 cm³/mol. The van der Waals surface area contributed by atoms with Crippen LogP contribution < -0.4 is 0 Å². The Bertz CT molecular complexity index is 1070. The van der Waals surface area contributed by atoms with Gasteiger partial charge in [-0.3, -0.25) is 9.69 Å². The number of amides is 1. The second-order valence-corrected chi connectivity index (χ2v) is 7.87. The van der Waals surface area contributed by atoms with Crippen molar-refractivity contribution in [1.82, 2.24) is 30.0 Å². The summed E-state index contributed by atoms with van der Waals surface area (Å²) in [7, 11) is 0. The van der Waals surface area contributed by atoms with Gasteiger partial charge >= 0.3 is 0 Å². The summed E-state index contributed by atoms with van der Waals surface area (Å²) in [6.45, 7) is 11.3. The molecule has 3 aromatic rings. The molecule has 1 aliphatic rings. The molecule has 8 nitrogen and oxygen atoms in total. The highest BCUT2D eigenvalue weighted by molar-refractivity contribution is 6.33. The van der Waals surface area contributed by atoms with E-state index in [0.29, 0.717) is 17.1 Å². The van der Waals surface area contributed by atoms with Crippen molar-refractivity contribution in [2.45, 2.75) is 12.8 Å². The normalized spacial score (nSPS) is 14.4. The summed E-state index contributed by atoms with van der Waals surface area (Å²) in [5.41, 5.74) is 3.45. The van der Waals surface area contributed by atoms with Gasteiger partial charge < -0.3 is 4.90 Å². The first-order valence-corrected chi connectivity index (χ1v) is 10.5. The number of hydrogen-bond acceptors (Lipinski definition) is 5. The molecule has 1 saturated heterocycles. The molecule has 9 heteroatoms. The summed E-state index contributed by atoms with van der Waals surface area (Å²) in [5.74, 6) is 0.147. The Morgan fingerprint density at radius 3 is 2.48 bits per heavy atom. The van der Waals surface area contributed by atoms with E-state index in [1.807, 2.05) is 41.3 Å². The smallest absolute Gasteiger partial charge is 0.227 e. The summed E-state index contributed by atoms with van der Waals surface area (Å²) >= 11 is 6.01. The van der Waals surface area contributed by atoms with E-state index in [-0.39, 0.29) is 5.91 Å². The van der Waals surface area contributed by atoms with Crippen LogP contribution in [0, 0.1) is 6.57 Å². The largest absolute Gasteiger partial charge is 0.340 e. The maximum atomic E-state index is 12.7. The second kappa shape index (κ2) is 9.69. The lowest BCUT2D eigenvalue weighted by atomic mass is 10.1. The molecule has 31 heavy (non-hydrogen) atoms. The highest BCUT2D eigenvalue weighted by Crippen LogP contribution is 2.26. The lowest BCUT2D eigenvalue weighted by Crippen LogP contribution is -2.49. The molecule has 2 aromatic carbocycles. The molecule has 1 aromatic heterocycles. The van der Waals surface area contributed by atoms with Gasteiger partial charge in [0.25, 0.3) is 0 Å². The molecule has 1 aliphatic heterocycles. The van der Waals surface area contributed by atoms with Crippen molar-refractivity contribution in [2.75, 3.05) is 32.7 Å². The quantitative estimate of drug-likeness (QED) is 0.557. The molecule has 0 bridgehead atoms. The summed E-state index contributed by atoms with van der Waals surface area (Å²) < 4.78 is 1.58. The van der Waals surface area contributed by atoms with Crippen molar-refractivity contribution in [2.24, 2.45) is 0 Å². The van der Waals surface area contributed by atoms with Gasteiger partial charge in [0.05, 0.1) is 18.7 Å². The van der Waals surface area contributed by atoms with Gasteiger partial charge in [0, 0.05) is 37.7 Å². The van der Waals surface area contributed by atoms with Crippen LogP contribution in [-0.2, 0) is 17.6 Å². The van der Waals surface area contributed by atoms with Gasteiger partial charge in [-0.2, -0.15) is 0 Å². The number of aromatic nitrogens is 4. The van der Waals surface area contributed by atoms with Gasteiger partial charge in [0.1, 0.15) is 6.33 Å². The predicted octanol–water partition coefficient (Wildman–Crippen LogP) is 2.80. The van der Waals surface area contributed by atoms with E-state index in [4.69, 9.17) is 18.2 Å². The van der Waals surface area contributed by atoms with Crippen LogP contribution in [0.2, 0.25) is 5.02 Å². The standard InChI is InChI=1S/C22H22ClN7O/c1-24-21-14-18(4-7-20(21)23)8-9-28-10-12-29(13-11-28)22(31)15-17-2-5-19(6-3-17)30-16-25-26-27-30/h2-7,14,16H,8-13,15H2. The molecular weight excluding hydrogens is 414 g/mol. The van der Waals surface area contributed by atoms with E-state index in [1.165, 1.54) is 6.33 Å². The Balaban J connectivity index is 1.24. The first-order valence-electron chi connectivity index (χ1n) is 10.1. The van der Waals surface area contributed by atoms with Gasteiger partial charge in [-0.25, -0.2) is 9.53 Å². The minimum absolute atomic E-state index is 0.147. The zero-order valence-electron chi connectivity index (χ0n) is 17.0. The average Bonchev–Trinajstić information content (AvgIpc) is 3.34. The molecule has 0 unspecified atom stereocenters. The second-order valence-electron chi connectivity index (χ2n) is 7.47. The molecule has 0 aliphatic carbocycles. The number of nitrogens with zero attached hydrogens (tertiary/aromatic N) is 7. The number of piperazine rings is 1. The summed E-state index contributed by atoms with van der Waals surface area (Å²) in [5, 5.41) is 11.6. The van der Waals surface area contributed by atoms with E-state index in [1.54, 1.807) is 10.7 Å². The van der Waals surface area contributed by atoms with Crippen molar-refractivity contribution >= 4 is 23.2 Å². The fourth-order valence-electron chi connectivity index (χ4n) is 3.64. The van der Waals surface area contributed by atoms with Crippen molar-refractivity contribution < 1.29 is 4.79 Å². The van der Waals surface area contributed by atoms with Crippen LogP contribution in [0.15, 0.2) is 48.8 Å². The summed E-state index contributed by atoms with van der Waals surface area (Å²) in [6.07, 6.45) is 2.79. The fraction of sp³-hybridized carbons (Fsp3) is 0.318. The fourth-order valence-corrected chi connectivity index (χ4v) is 3.80. The number of carbonyl (C=O) groups excluding carboxylic acids is 1. The van der Waals surface area contributed by atoms with Crippen LogP contribution in [-0.4, -0.2) is 68.6 Å². The van der Waals surface area contributed by atoms with Crippen molar-refractivity contribution in [3.63, 3.8) is 0 Å². The van der Waals surface area contributed by atoms with E-state index < -0.39 is 0 Å². The third-order valence-electron chi connectivity index (χ3n) is 5.48. The Morgan fingerprint density at radius 1 is 1.06 bits per heavy atom. The van der Waals surface area contributed by atoms with E-state index in [0.717, 1.165) is 56.0 Å². The van der Waals surface area contributed by atoms with Crippen LogP contribution in [0.1, 0.15) is 11.1 Å². The third kappa shape index (κ3) is 5.26. The molecule has 1 fully saturated rings. The summed E-state index contributed by atoms with van der Waals surface area (Å²) in [6, 6.07) is 13.3. The SMILES string of the molecule is [C-]#[N+]c1cc(CCN2CCN(C(=O)Cc3ccc(-n4cnnn4)cc3)CC2)ccc1Cl. The maximum absolute atomic E-state index is 12.7. The number of hydrogen-bond donors (Lipinski definition) is 0. The average molecular weight is 436 g/mol. The summed E-state index contributed by atoms with van der Waals surface area (Å²) in [4.78, 5) is 20.4. The van der Waals surface area contributed by atoms with Gasteiger partial charge in [0.15, 0.2) is 0 Å². The lowest BCUT2D eigenvalue weighted by molar-refractivity contribution is -0.132. The number of carbonyl (C=O) groups is 1. The van der Waals surface area contributed by atoms with Crippen molar-refractivity contribution in [3.8, 4) is 5.69 Å². The number of benzene rings is 2. The Hall–Kier alpha value is -3.28. The van der Waals surface area contributed by atoms with Gasteiger partial charge in [-0.15, -0.1) is 5.10 Å². The van der Waals surface area contributed by atoms with Crippen LogP contribution in [0.3, 0.4) is 0 Å². The zero-order chi connectivity index (χ0) is 21.6. The number of tetrazole rings is 1. The molecule has 0 saturated carbocycles. The minimum Gasteiger partial charge on any atom is -0.340 e. The lowest BCUT2D eigenvalue weighted by Gasteiger charge is -2.35. The molecule has 4 rings (SSSR count). The number of halogens is 1. The van der Waals surface area contributed by atoms with Gasteiger partial charge in [0.2, 0.25) is 11.6 Å². The molecule has 0 spiro atoms. The van der Waals surface area contributed by atoms with E-state index >= 15 is 0 Å². The molecular formula is C22H22ClN7O. The van der Waals surface area contributed by atoms with Crippen LogP contribution in [0.25, 0.3) is 10.5 Å². The topological polar surface area (TPSA) is 71.5 Å². The first kappa shape index (κ1) is 21.0. The minimum atomic E-state index is 0.147. The molecule has 158 valence electrons. The van der Waals surface area contributed by atoms with Crippen LogP contribution in [0.5, 0.6) is 0 Å². The van der Waals surface area contributed by atoms with Gasteiger partial charge in [-0.05, 0) is 34.5 Å². The monoisotopic (exact) mass is 435 g/mol. The van der Waals surface area contributed by atoms with Gasteiger partial charge in [-0.1, -0.05) is 47.5 Å². The molecule has 1 amide bonds. The molecule has 0 atom stereocenters. The Kier molecular flexibility index (Phi) is 6.55. The van der Waals surface area contributed by atoms with E-state index in [2.05, 4.69) is 25.3 Å². The first-order chi connectivity index (χ1) is 15.1. The molecule has 0 radical (unpaired) electrons. The number of rotatable bonds is 6. The zero-order valence-corrected chi connectivity index (χ0v) is 17.7. The van der Waals surface area contributed by atoms with E-state index in [9.17, 15) is 4.79 Å². The van der Waals surface area contributed by atoms with Crippen molar-refractivity contribution in [3.05, 3.63) is 76.4 Å². The highest BCUT2D eigenvalue weighted by Gasteiger charge is 2.21. The van der Waals surface area contributed by atoms with Crippen molar-refractivity contribution in [1.29, 1.82) is 0 Å². The molecule has 2 heterocycles. The van der Waals surface area contributed by atoms with Crippen LogP contribution >= 0.6 is 11.6 Å². The maximum Gasteiger partial charge on any atom is 0.227 e. The third-order valence-corrected chi connectivity index (χ3v) is 5.80.